The molecule has 12 heteroatoms. The van der Waals surface area contributed by atoms with Gasteiger partial charge in [-0.15, -0.1) is 0 Å². The molecule has 182 valence electrons. The number of aromatic nitrogens is 1. The first-order valence-corrected chi connectivity index (χ1v) is 10.7. The van der Waals surface area contributed by atoms with Crippen LogP contribution in [0.3, 0.4) is 0 Å². The van der Waals surface area contributed by atoms with Crippen LogP contribution >= 0.6 is 0 Å². The van der Waals surface area contributed by atoms with Crippen molar-refractivity contribution in [3.8, 4) is 17.7 Å². The minimum atomic E-state index is -4.50. The molecule has 0 spiro atoms. The maximum atomic E-state index is 12.7. The van der Waals surface area contributed by atoms with E-state index in [1.807, 2.05) is 11.0 Å². The van der Waals surface area contributed by atoms with Crippen LogP contribution in [0.5, 0.6) is 0 Å². The summed E-state index contributed by atoms with van der Waals surface area (Å²) in [4.78, 5) is 30.5. The normalized spacial score (nSPS) is 14.4. The van der Waals surface area contributed by atoms with Gasteiger partial charge in [-0.25, -0.2) is 0 Å². The van der Waals surface area contributed by atoms with Crippen molar-refractivity contribution in [2.45, 2.75) is 19.0 Å². The topological polar surface area (TPSA) is 124 Å². The molecule has 0 radical (unpaired) electrons. The molecular weight excluding hydrogens is 467 g/mol. The Morgan fingerprint density at radius 1 is 1.17 bits per heavy atom. The Morgan fingerprint density at radius 2 is 1.89 bits per heavy atom. The van der Waals surface area contributed by atoms with Crippen molar-refractivity contribution >= 4 is 23.4 Å². The van der Waals surface area contributed by atoms with Gasteiger partial charge in [0.25, 0.3) is 11.8 Å². The van der Waals surface area contributed by atoms with Crippen LogP contribution in [0.15, 0.2) is 51.5 Å². The fraction of sp³-hybridized carbons (Fsp3) is 0.304. The first-order valence-electron chi connectivity index (χ1n) is 10.7. The highest BCUT2D eigenvalue weighted by molar-refractivity contribution is 5.96. The summed E-state index contributed by atoms with van der Waals surface area (Å²) >= 11 is 0. The fourth-order valence-corrected chi connectivity index (χ4v) is 3.68. The molecule has 35 heavy (non-hydrogen) atoms. The van der Waals surface area contributed by atoms with Gasteiger partial charge in [0.15, 0.2) is 5.76 Å². The number of oxazole rings is 1. The van der Waals surface area contributed by atoms with Crippen LogP contribution in [-0.2, 0) is 4.79 Å². The molecule has 0 bridgehead atoms. The molecule has 1 aromatic carbocycles. The van der Waals surface area contributed by atoms with E-state index in [0.717, 1.165) is 0 Å². The summed E-state index contributed by atoms with van der Waals surface area (Å²) in [5.74, 6) is -0.417. The van der Waals surface area contributed by atoms with Crippen molar-refractivity contribution in [2.24, 2.45) is 5.92 Å². The lowest BCUT2D eigenvalue weighted by Crippen LogP contribution is -2.38. The third-order valence-electron chi connectivity index (χ3n) is 5.46. The third kappa shape index (κ3) is 5.81. The maximum Gasteiger partial charge on any atom is 0.405 e. The fourth-order valence-electron chi connectivity index (χ4n) is 3.68. The maximum absolute atomic E-state index is 12.7. The van der Waals surface area contributed by atoms with Crippen LogP contribution in [0, 0.1) is 17.2 Å². The zero-order chi connectivity index (χ0) is 25.0. The van der Waals surface area contributed by atoms with Crippen molar-refractivity contribution in [1.82, 2.24) is 10.3 Å². The highest BCUT2D eigenvalue weighted by atomic mass is 19.4. The Bertz CT molecular complexity index is 1220. The minimum Gasteiger partial charge on any atom is -0.459 e. The third-order valence-corrected chi connectivity index (χ3v) is 5.46. The number of nitrogens with one attached hydrogen (secondary N) is 2. The summed E-state index contributed by atoms with van der Waals surface area (Å²) in [7, 11) is 0. The van der Waals surface area contributed by atoms with E-state index in [1.165, 1.54) is 30.5 Å². The number of furan rings is 1. The van der Waals surface area contributed by atoms with Gasteiger partial charge in [0.05, 0.1) is 6.26 Å². The van der Waals surface area contributed by atoms with Crippen molar-refractivity contribution in [3.05, 3.63) is 53.9 Å². The number of carbonyl (C=O) groups is 2. The SMILES string of the molecule is N#Cc1nc(-c2ccco2)oc1N1CCC(C(=O)Nc2ccc(C(=O)NCC(F)(F)F)cc2)CC1. The van der Waals surface area contributed by atoms with Gasteiger partial charge in [0.2, 0.25) is 17.5 Å². The van der Waals surface area contributed by atoms with E-state index in [9.17, 15) is 28.0 Å². The van der Waals surface area contributed by atoms with Crippen molar-refractivity contribution in [3.63, 3.8) is 0 Å². The molecule has 2 aromatic heterocycles. The average Bonchev–Trinajstić information content (AvgIpc) is 3.52. The second kappa shape index (κ2) is 9.92. The van der Waals surface area contributed by atoms with E-state index in [4.69, 9.17) is 8.83 Å². The molecule has 0 aliphatic carbocycles. The van der Waals surface area contributed by atoms with Crippen LogP contribution in [0.1, 0.15) is 28.9 Å². The largest absolute Gasteiger partial charge is 0.459 e. The summed E-state index contributed by atoms with van der Waals surface area (Å²) in [5, 5.41) is 14.0. The Morgan fingerprint density at radius 3 is 2.49 bits per heavy atom. The number of nitriles is 1. The molecular formula is C23H20F3N5O4. The van der Waals surface area contributed by atoms with E-state index in [0.29, 0.717) is 43.3 Å². The molecule has 3 aromatic rings. The van der Waals surface area contributed by atoms with Gasteiger partial charge >= 0.3 is 6.18 Å². The number of halogens is 3. The number of alkyl halides is 3. The summed E-state index contributed by atoms with van der Waals surface area (Å²) < 4.78 is 47.7. The van der Waals surface area contributed by atoms with E-state index < -0.39 is 18.6 Å². The number of hydrogen-bond donors (Lipinski definition) is 2. The summed E-state index contributed by atoms with van der Waals surface area (Å²) in [6, 6.07) is 11.0. The molecule has 1 fully saturated rings. The molecule has 4 rings (SSSR count). The first kappa shape index (κ1) is 23.9. The molecule has 0 unspecified atom stereocenters. The number of carbonyl (C=O) groups excluding carboxylic acids is 2. The number of amides is 2. The van der Waals surface area contributed by atoms with Gasteiger partial charge in [-0.05, 0) is 49.2 Å². The highest BCUT2D eigenvalue weighted by Gasteiger charge is 2.30. The zero-order valence-electron chi connectivity index (χ0n) is 18.3. The van der Waals surface area contributed by atoms with E-state index in [-0.39, 0.29) is 29.0 Å². The van der Waals surface area contributed by atoms with Crippen LogP contribution in [-0.4, -0.2) is 42.6 Å². The molecule has 1 aliphatic rings. The molecule has 3 heterocycles. The first-order chi connectivity index (χ1) is 16.7. The van der Waals surface area contributed by atoms with E-state index in [2.05, 4.69) is 10.3 Å². The van der Waals surface area contributed by atoms with Crippen LogP contribution in [0.2, 0.25) is 0 Å². The van der Waals surface area contributed by atoms with Crippen LogP contribution in [0.25, 0.3) is 11.7 Å². The van der Waals surface area contributed by atoms with Crippen LogP contribution < -0.4 is 15.5 Å². The predicted octanol–water partition coefficient (Wildman–Crippen LogP) is 3.95. The second-order valence-electron chi connectivity index (χ2n) is 7.89. The van der Waals surface area contributed by atoms with Gasteiger partial charge in [-0.2, -0.15) is 23.4 Å². The summed E-state index contributed by atoms with van der Waals surface area (Å²) in [6.07, 6.45) is -2.01. The molecule has 2 N–H and O–H groups in total. The van der Waals surface area contributed by atoms with Gasteiger partial charge in [0, 0.05) is 30.3 Å². The molecule has 9 nitrogen and oxygen atoms in total. The Balaban J connectivity index is 1.31. The van der Waals surface area contributed by atoms with Crippen molar-refractivity contribution < 1.29 is 31.6 Å². The van der Waals surface area contributed by atoms with E-state index >= 15 is 0 Å². The number of nitrogens with zero attached hydrogens (tertiary/aromatic N) is 3. The average molecular weight is 487 g/mol. The summed E-state index contributed by atoms with van der Waals surface area (Å²) in [5.41, 5.74) is 0.614. The molecule has 1 saturated heterocycles. The van der Waals surface area contributed by atoms with Gasteiger partial charge in [0.1, 0.15) is 12.6 Å². The lowest BCUT2D eigenvalue weighted by Gasteiger charge is -2.30. The quantitative estimate of drug-likeness (QED) is 0.539. The second-order valence-corrected chi connectivity index (χ2v) is 7.89. The van der Waals surface area contributed by atoms with E-state index in [1.54, 1.807) is 17.4 Å². The van der Waals surface area contributed by atoms with Crippen molar-refractivity contribution in [2.75, 3.05) is 29.9 Å². The van der Waals surface area contributed by atoms with Gasteiger partial charge < -0.3 is 24.4 Å². The highest BCUT2D eigenvalue weighted by Crippen LogP contribution is 2.31. The number of benzene rings is 1. The number of hydrogen-bond acceptors (Lipinski definition) is 7. The number of piperidine rings is 1. The lowest BCUT2D eigenvalue weighted by molar-refractivity contribution is -0.123. The van der Waals surface area contributed by atoms with Crippen molar-refractivity contribution in [1.29, 1.82) is 5.26 Å². The smallest absolute Gasteiger partial charge is 0.405 e. The molecule has 2 amide bonds. The standard InChI is InChI=1S/C23H20F3N5O4/c24-23(25,26)13-28-19(32)14-3-5-16(6-4-14)29-20(33)15-7-9-31(10-8-15)22-17(12-27)30-21(35-22)18-2-1-11-34-18/h1-6,11,15H,7-10,13H2,(H,28,32)(H,29,33). The minimum absolute atomic E-state index is 0.0508. The monoisotopic (exact) mass is 487 g/mol. The number of rotatable bonds is 6. The number of anilines is 2. The molecule has 0 saturated carbocycles. The van der Waals surface area contributed by atoms with Crippen LogP contribution in [0.4, 0.5) is 24.7 Å². The Hall–Kier alpha value is -4.27. The zero-order valence-corrected chi connectivity index (χ0v) is 18.3. The van der Waals surface area contributed by atoms with Gasteiger partial charge in [-0.1, -0.05) is 0 Å². The Labute approximate surface area is 197 Å². The van der Waals surface area contributed by atoms with Gasteiger partial charge in [-0.3, -0.25) is 9.59 Å². The Kier molecular flexibility index (Phi) is 6.77. The molecule has 1 aliphatic heterocycles. The lowest BCUT2D eigenvalue weighted by atomic mass is 9.95. The molecule has 0 atom stereocenters. The predicted molar refractivity (Wildman–Crippen MR) is 117 cm³/mol. The summed E-state index contributed by atoms with van der Waals surface area (Å²) in [6.45, 7) is -0.479.